The van der Waals surface area contributed by atoms with Crippen molar-refractivity contribution in [1.82, 2.24) is 14.5 Å². The van der Waals surface area contributed by atoms with Gasteiger partial charge >= 0.3 is 6.03 Å². The number of amides is 2. The van der Waals surface area contributed by atoms with Gasteiger partial charge in [-0.3, -0.25) is 0 Å². The van der Waals surface area contributed by atoms with Crippen LogP contribution < -0.4 is 5.32 Å². The highest BCUT2D eigenvalue weighted by molar-refractivity contribution is 7.88. The molecule has 1 heterocycles. The normalized spacial score (nSPS) is 29.2. The molecule has 0 aromatic rings. The minimum atomic E-state index is -3.13. The van der Waals surface area contributed by atoms with Gasteiger partial charge in [0.05, 0.1) is 6.26 Å². The number of hydrogen-bond donors (Lipinski definition) is 1. The monoisotopic (exact) mass is 303 g/mol. The van der Waals surface area contributed by atoms with Crippen molar-refractivity contribution in [2.75, 3.05) is 32.4 Å². The summed E-state index contributed by atoms with van der Waals surface area (Å²) >= 11 is 0. The van der Waals surface area contributed by atoms with E-state index < -0.39 is 10.0 Å². The van der Waals surface area contributed by atoms with Crippen LogP contribution in [0.25, 0.3) is 0 Å². The molecule has 0 aromatic heterocycles. The Hall–Kier alpha value is -0.820. The van der Waals surface area contributed by atoms with Crippen LogP contribution in [0.5, 0.6) is 0 Å². The number of rotatable bonds is 2. The maximum atomic E-state index is 12.2. The maximum Gasteiger partial charge on any atom is 0.317 e. The molecule has 0 atom stereocenters. The van der Waals surface area contributed by atoms with Gasteiger partial charge < -0.3 is 10.2 Å². The number of piperazine rings is 1. The third-order valence-corrected chi connectivity index (χ3v) is 5.64. The number of hydrogen-bond acceptors (Lipinski definition) is 3. The first-order chi connectivity index (χ1) is 9.36. The fourth-order valence-corrected chi connectivity index (χ4v) is 3.72. The van der Waals surface area contributed by atoms with Gasteiger partial charge in [-0.25, -0.2) is 13.2 Å². The predicted octanol–water partition coefficient (Wildman–Crippen LogP) is 0.852. The van der Waals surface area contributed by atoms with E-state index in [9.17, 15) is 13.2 Å². The Labute approximate surface area is 121 Å². The lowest BCUT2D eigenvalue weighted by atomic mass is 9.87. The van der Waals surface area contributed by atoms with Crippen LogP contribution in [-0.4, -0.2) is 62.1 Å². The molecule has 0 spiro atoms. The molecular weight excluding hydrogens is 278 g/mol. The summed E-state index contributed by atoms with van der Waals surface area (Å²) in [5.74, 6) is 0.765. The van der Waals surface area contributed by atoms with Gasteiger partial charge in [-0.15, -0.1) is 0 Å². The van der Waals surface area contributed by atoms with Gasteiger partial charge in [-0.1, -0.05) is 6.92 Å². The standard InChI is InChI=1S/C13H25N3O3S/c1-11-3-5-12(6-4-11)14-13(17)15-7-9-16(10-8-15)20(2,18)19/h11-12H,3-10H2,1-2H3,(H,14,17)/t11-,12-. The molecule has 2 rings (SSSR count). The van der Waals surface area contributed by atoms with Crippen molar-refractivity contribution in [3.8, 4) is 0 Å². The third-order valence-electron chi connectivity index (χ3n) is 4.34. The molecule has 2 fully saturated rings. The molecule has 1 aliphatic carbocycles. The highest BCUT2D eigenvalue weighted by Crippen LogP contribution is 2.23. The molecule has 7 heteroatoms. The van der Waals surface area contributed by atoms with E-state index in [4.69, 9.17) is 0 Å². The number of sulfonamides is 1. The summed E-state index contributed by atoms with van der Waals surface area (Å²) in [6, 6.07) is 0.240. The molecule has 2 aliphatic rings. The lowest BCUT2D eigenvalue weighted by Gasteiger charge is -2.35. The van der Waals surface area contributed by atoms with Crippen molar-refractivity contribution < 1.29 is 13.2 Å². The third kappa shape index (κ3) is 4.09. The van der Waals surface area contributed by atoms with E-state index in [1.807, 2.05) is 0 Å². The maximum absolute atomic E-state index is 12.2. The van der Waals surface area contributed by atoms with Crippen LogP contribution in [0.4, 0.5) is 4.79 Å². The van der Waals surface area contributed by atoms with Crippen LogP contribution >= 0.6 is 0 Å². The summed E-state index contributed by atoms with van der Waals surface area (Å²) in [4.78, 5) is 13.9. The van der Waals surface area contributed by atoms with Crippen molar-refractivity contribution in [2.45, 2.75) is 38.6 Å². The van der Waals surface area contributed by atoms with Crippen molar-refractivity contribution >= 4 is 16.1 Å². The van der Waals surface area contributed by atoms with Crippen molar-refractivity contribution in [2.24, 2.45) is 5.92 Å². The van der Waals surface area contributed by atoms with Gasteiger partial charge in [0, 0.05) is 32.2 Å². The van der Waals surface area contributed by atoms with Crippen molar-refractivity contribution in [3.63, 3.8) is 0 Å². The fraction of sp³-hybridized carbons (Fsp3) is 0.923. The van der Waals surface area contributed by atoms with Gasteiger partial charge in [-0.05, 0) is 31.6 Å². The van der Waals surface area contributed by atoms with Crippen molar-refractivity contribution in [3.05, 3.63) is 0 Å². The highest BCUT2D eigenvalue weighted by atomic mass is 32.2. The number of carbonyl (C=O) groups is 1. The molecule has 0 radical (unpaired) electrons. The minimum Gasteiger partial charge on any atom is -0.335 e. The molecule has 20 heavy (non-hydrogen) atoms. The molecule has 2 amide bonds. The lowest BCUT2D eigenvalue weighted by Crippen LogP contribution is -2.54. The first kappa shape index (κ1) is 15.6. The Kier molecular flexibility index (Phi) is 4.90. The fourth-order valence-electron chi connectivity index (χ4n) is 2.89. The highest BCUT2D eigenvalue weighted by Gasteiger charge is 2.27. The Morgan fingerprint density at radius 2 is 1.60 bits per heavy atom. The summed E-state index contributed by atoms with van der Waals surface area (Å²) < 4.78 is 24.3. The van der Waals surface area contributed by atoms with Crippen LogP contribution in [0, 0.1) is 5.92 Å². The molecule has 1 saturated carbocycles. The zero-order valence-corrected chi connectivity index (χ0v) is 13.2. The van der Waals surface area contributed by atoms with E-state index in [0.29, 0.717) is 26.2 Å². The van der Waals surface area contributed by atoms with E-state index in [1.165, 1.54) is 23.4 Å². The molecule has 1 aliphatic heterocycles. The first-order valence-corrected chi connectivity index (χ1v) is 9.21. The van der Waals surface area contributed by atoms with Crippen LogP contribution in [-0.2, 0) is 10.0 Å². The van der Waals surface area contributed by atoms with E-state index in [1.54, 1.807) is 4.90 Å². The van der Waals surface area contributed by atoms with Gasteiger partial charge in [0.1, 0.15) is 0 Å². The quantitative estimate of drug-likeness (QED) is 0.822. The summed E-state index contributed by atoms with van der Waals surface area (Å²) in [6.45, 7) is 3.99. The molecule has 116 valence electrons. The zero-order valence-electron chi connectivity index (χ0n) is 12.3. The van der Waals surface area contributed by atoms with E-state index in [2.05, 4.69) is 12.2 Å². The van der Waals surface area contributed by atoms with Gasteiger partial charge in [0.25, 0.3) is 0 Å². The van der Waals surface area contributed by atoms with Crippen LogP contribution in [0.2, 0.25) is 0 Å². The number of carbonyl (C=O) groups excluding carboxylic acids is 1. The Morgan fingerprint density at radius 1 is 1.05 bits per heavy atom. The second-order valence-electron chi connectivity index (χ2n) is 6.06. The SMILES string of the molecule is CS(=O)(=O)N1CCN(C(=O)N[C@H]2CC[C@H](C)CC2)CC1. The van der Waals surface area contributed by atoms with Crippen LogP contribution in [0.3, 0.4) is 0 Å². The number of urea groups is 1. The average Bonchev–Trinajstić information content (AvgIpc) is 2.40. The van der Waals surface area contributed by atoms with E-state index >= 15 is 0 Å². The van der Waals surface area contributed by atoms with Gasteiger partial charge in [-0.2, -0.15) is 4.31 Å². The Bertz CT molecular complexity index is 436. The molecule has 0 unspecified atom stereocenters. The smallest absolute Gasteiger partial charge is 0.317 e. The average molecular weight is 303 g/mol. The summed E-state index contributed by atoms with van der Waals surface area (Å²) in [5, 5.41) is 3.08. The number of nitrogens with zero attached hydrogens (tertiary/aromatic N) is 2. The molecule has 1 saturated heterocycles. The van der Waals surface area contributed by atoms with E-state index in [0.717, 1.165) is 18.8 Å². The Balaban J connectivity index is 1.77. The summed E-state index contributed by atoms with van der Waals surface area (Å²) in [6.07, 6.45) is 5.66. The van der Waals surface area contributed by atoms with Crippen LogP contribution in [0.1, 0.15) is 32.6 Å². The predicted molar refractivity (Wildman–Crippen MR) is 77.9 cm³/mol. The zero-order chi connectivity index (χ0) is 14.8. The molecule has 0 bridgehead atoms. The second-order valence-corrected chi connectivity index (χ2v) is 8.04. The largest absolute Gasteiger partial charge is 0.335 e. The molecular formula is C13H25N3O3S. The van der Waals surface area contributed by atoms with Gasteiger partial charge in [0.15, 0.2) is 0 Å². The Morgan fingerprint density at radius 3 is 2.10 bits per heavy atom. The molecule has 1 N–H and O–H groups in total. The molecule has 0 aromatic carbocycles. The summed E-state index contributed by atoms with van der Waals surface area (Å²) in [5.41, 5.74) is 0. The second kappa shape index (κ2) is 6.30. The minimum absolute atomic E-state index is 0.0438. The van der Waals surface area contributed by atoms with Crippen molar-refractivity contribution in [1.29, 1.82) is 0 Å². The van der Waals surface area contributed by atoms with Gasteiger partial charge in [0.2, 0.25) is 10.0 Å². The first-order valence-electron chi connectivity index (χ1n) is 7.37. The van der Waals surface area contributed by atoms with Crippen LogP contribution in [0.15, 0.2) is 0 Å². The topological polar surface area (TPSA) is 69.7 Å². The number of nitrogens with one attached hydrogen (secondary N) is 1. The molecule has 6 nitrogen and oxygen atoms in total. The lowest BCUT2D eigenvalue weighted by molar-refractivity contribution is 0.164. The van der Waals surface area contributed by atoms with E-state index in [-0.39, 0.29) is 12.1 Å². The summed E-state index contributed by atoms with van der Waals surface area (Å²) in [7, 11) is -3.13.